The molecule has 0 aromatic carbocycles. The molecule has 1 aliphatic carbocycles. The Bertz CT molecular complexity index is 822. The maximum Gasteiger partial charge on any atom is 0.346 e. The van der Waals surface area contributed by atoms with Crippen LogP contribution in [0, 0.1) is 0 Å². The third-order valence-corrected chi connectivity index (χ3v) is 6.58. The van der Waals surface area contributed by atoms with Crippen LogP contribution in [0.1, 0.15) is 50.3 Å². The van der Waals surface area contributed by atoms with Crippen molar-refractivity contribution in [3.05, 3.63) is 16.3 Å². The first kappa shape index (κ1) is 19.1. The van der Waals surface area contributed by atoms with E-state index < -0.39 is 10.0 Å². The van der Waals surface area contributed by atoms with Crippen LogP contribution in [0.25, 0.3) is 0 Å². The molecule has 1 aromatic rings. The van der Waals surface area contributed by atoms with Crippen LogP contribution < -0.4 is 11.0 Å². The highest BCUT2D eigenvalue weighted by atomic mass is 32.2. The van der Waals surface area contributed by atoms with Crippen LogP contribution in [0.3, 0.4) is 0 Å². The van der Waals surface area contributed by atoms with Crippen LogP contribution in [-0.4, -0.2) is 58.4 Å². The minimum atomic E-state index is -3.27. The maximum absolute atomic E-state index is 12.4. The third kappa shape index (κ3) is 4.17. The van der Waals surface area contributed by atoms with Gasteiger partial charge in [0.25, 0.3) is 0 Å². The summed E-state index contributed by atoms with van der Waals surface area (Å²) in [6.07, 6.45) is 6.90. The second kappa shape index (κ2) is 7.51. The topological polar surface area (TPSA) is 106 Å². The highest BCUT2D eigenvalue weighted by molar-refractivity contribution is 7.88. The number of piperidine rings is 1. The Morgan fingerprint density at radius 3 is 2.58 bits per heavy atom. The molecule has 9 nitrogen and oxygen atoms in total. The van der Waals surface area contributed by atoms with Crippen LogP contribution in [0.15, 0.2) is 4.79 Å². The Morgan fingerprint density at radius 2 is 1.92 bits per heavy atom. The van der Waals surface area contributed by atoms with Crippen molar-refractivity contribution in [2.75, 3.05) is 19.3 Å². The second-order valence-corrected chi connectivity index (χ2v) is 9.35. The number of aromatic nitrogens is 3. The van der Waals surface area contributed by atoms with Gasteiger partial charge in [-0.05, 0) is 25.7 Å². The number of carbonyl (C=O) groups excluding carboxylic acids is 1. The van der Waals surface area contributed by atoms with Crippen LogP contribution in [0.2, 0.25) is 0 Å². The molecule has 1 saturated carbocycles. The average Bonchev–Trinajstić information content (AvgIpc) is 3.18. The molecule has 10 heteroatoms. The molecular formula is C16H27N5O4S. The number of carbonyl (C=O) groups is 1. The minimum absolute atomic E-state index is 0.105. The summed E-state index contributed by atoms with van der Waals surface area (Å²) in [6.45, 7) is 0.705. The zero-order chi connectivity index (χ0) is 18.9. The normalized spacial score (nSPS) is 22.6. The lowest BCUT2D eigenvalue weighted by molar-refractivity contribution is -0.122. The van der Waals surface area contributed by atoms with Crippen LogP contribution in [-0.2, 0) is 28.4 Å². The Kier molecular flexibility index (Phi) is 5.52. The summed E-state index contributed by atoms with van der Waals surface area (Å²) in [7, 11) is -1.65. The summed E-state index contributed by atoms with van der Waals surface area (Å²) >= 11 is 0. The van der Waals surface area contributed by atoms with E-state index in [-0.39, 0.29) is 30.1 Å². The van der Waals surface area contributed by atoms with Crippen LogP contribution in [0.4, 0.5) is 0 Å². The van der Waals surface area contributed by atoms with E-state index in [0.29, 0.717) is 18.9 Å². The van der Waals surface area contributed by atoms with E-state index in [2.05, 4.69) is 10.4 Å². The van der Waals surface area contributed by atoms with Crippen molar-refractivity contribution in [1.29, 1.82) is 0 Å². The van der Waals surface area contributed by atoms with Gasteiger partial charge < -0.3 is 5.32 Å². The van der Waals surface area contributed by atoms with Crippen LogP contribution in [0.5, 0.6) is 0 Å². The van der Waals surface area contributed by atoms with E-state index in [1.54, 1.807) is 7.05 Å². The summed E-state index contributed by atoms with van der Waals surface area (Å²) in [5.74, 6) is 0.192. The molecule has 146 valence electrons. The van der Waals surface area contributed by atoms with Gasteiger partial charge in [-0.2, -0.15) is 5.10 Å². The monoisotopic (exact) mass is 385 g/mol. The van der Waals surface area contributed by atoms with Gasteiger partial charge in [0.15, 0.2) is 0 Å². The second-order valence-electron chi connectivity index (χ2n) is 7.37. The van der Waals surface area contributed by atoms with Gasteiger partial charge in [-0.3, -0.25) is 9.36 Å². The molecule has 0 radical (unpaired) electrons. The van der Waals surface area contributed by atoms with Gasteiger partial charge in [0.1, 0.15) is 12.4 Å². The number of sulfonamides is 1. The summed E-state index contributed by atoms with van der Waals surface area (Å²) in [5, 5.41) is 7.30. The molecule has 1 saturated heterocycles. The fourth-order valence-electron chi connectivity index (χ4n) is 3.90. The first-order valence-corrected chi connectivity index (χ1v) is 11.0. The lowest BCUT2D eigenvalue weighted by Crippen LogP contribution is -2.39. The lowest BCUT2D eigenvalue weighted by atomic mass is 9.99. The molecule has 1 amide bonds. The minimum Gasteiger partial charge on any atom is -0.352 e. The third-order valence-electron chi connectivity index (χ3n) is 5.31. The van der Waals surface area contributed by atoms with E-state index in [9.17, 15) is 18.0 Å². The maximum atomic E-state index is 12.4. The van der Waals surface area contributed by atoms with Gasteiger partial charge in [0.2, 0.25) is 15.9 Å². The van der Waals surface area contributed by atoms with Gasteiger partial charge in [-0.25, -0.2) is 22.2 Å². The first-order chi connectivity index (χ1) is 12.3. The van der Waals surface area contributed by atoms with Crippen molar-refractivity contribution in [2.45, 2.75) is 57.0 Å². The Labute approximate surface area is 153 Å². The summed E-state index contributed by atoms with van der Waals surface area (Å²) in [6, 6.07) is 0.197. The zero-order valence-corrected chi connectivity index (χ0v) is 16.2. The highest BCUT2D eigenvalue weighted by Gasteiger charge is 2.30. The summed E-state index contributed by atoms with van der Waals surface area (Å²) < 4.78 is 27.7. The smallest absolute Gasteiger partial charge is 0.346 e. The van der Waals surface area contributed by atoms with Crippen LogP contribution >= 0.6 is 0 Å². The first-order valence-electron chi connectivity index (χ1n) is 9.14. The fraction of sp³-hybridized carbons (Fsp3) is 0.812. The molecular weight excluding hydrogens is 358 g/mol. The Balaban J connectivity index is 1.72. The Hall–Kier alpha value is -1.68. The molecule has 26 heavy (non-hydrogen) atoms. The molecule has 1 N–H and O–H groups in total. The predicted octanol–water partition coefficient (Wildman–Crippen LogP) is -0.220. The van der Waals surface area contributed by atoms with Gasteiger partial charge in [0.05, 0.1) is 6.26 Å². The fourth-order valence-corrected chi connectivity index (χ4v) is 4.81. The van der Waals surface area contributed by atoms with Gasteiger partial charge in [-0.15, -0.1) is 0 Å². The number of hydrogen-bond acceptors (Lipinski definition) is 5. The Morgan fingerprint density at radius 1 is 1.23 bits per heavy atom. The van der Waals surface area contributed by atoms with Gasteiger partial charge in [0, 0.05) is 32.1 Å². The van der Waals surface area contributed by atoms with E-state index in [4.69, 9.17) is 0 Å². The van der Waals surface area contributed by atoms with E-state index >= 15 is 0 Å². The summed E-state index contributed by atoms with van der Waals surface area (Å²) in [4.78, 5) is 24.6. The molecule has 1 atom stereocenters. The van der Waals surface area contributed by atoms with Gasteiger partial charge >= 0.3 is 5.69 Å². The SMILES string of the molecule is Cn1c(C2CCCN(S(C)(=O)=O)C2)nn(CC(=O)NC2CCCC2)c1=O. The van der Waals surface area contributed by atoms with Crippen molar-refractivity contribution in [3.8, 4) is 0 Å². The van der Waals surface area contributed by atoms with E-state index in [0.717, 1.165) is 38.5 Å². The average molecular weight is 385 g/mol. The molecule has 3 rings (SSSR count). The largest absolute Gasteiger partial charge is 0.352 e. The summed E-state index contributed by atoms with van der Waals surface area (Å²) in [5.41, 5.74) is -0.349. The number of amides is 1. The standard InChI is InChI=1S/C16H27N5O4S/c1-19-15(12-6-5-9-20(10-12)26(2,24)25)18-21(16(19)23)11-14(22)17-13-7-3-4-8-13/h12-13H,3-11H2,1-2H3,(H,17,22). The van der Waals surface area contributed by atoms with Crippen molar-refractivity contribution in [2.24, 2.45) is 7.05 Å². The molecule has 1 unspecified atom stereocenters. The van der Waals surface area contributed by atoms with E-state index in [1.165, 1.54) is 19.8 Å². The molecule has 0 spiro atoms. The number of hydrogen-bond donors (Lipinski definition) is 1. The molecule has 2 aliphatic rings. The molecule has 1 aliphatic heterocycles. The quantitative estimate of drug-likeness (QED) is 0.754. The molecule has 0 bridgehead atoms. The van der Waals surface area contributed by atoms with Crippen molar-refractivity contribution >= 4 is 15.9 Å². The van der Waals surface area contributed by atoms with Crippen molar-refractivity contribution in [3.63, 3.8) is 0 Å². The molecule has 1 aromatic heterocycles. The molecule has 2 fully saturated rings. The zero-order valence-electron chi connectivity index (χ0n) is 15.3. The van der Waals surface area contributed by atoms with Crippen molar-refractivity contribution in [1.82, 2.24) is 24.0 Å². The number of rotatable bonds is 5. The predicted molar refractivity (Wildman–Crippen MR) is 96.3 cm³/mol. The number of nitrogens with one attached hydrogen (secondary N) is 1. The van der Waals surface area contributed by atoms with E-state index in [1.807, 2.05) is 0 Å². The lowest BCUT2D eigenvalue weighted by Gasteiger charge is -2.30. The molecule has 2 heterocycles. The van der Waals surface area contributed by atoms with Gasteiger partial charge in [-0.1, -0.05) is 12.8 Å². The number of nitrogens with zero attached hydrogens (tertiary/aromatic N) is 4. The van der Waals surface area contributed by atoms with Crippen molar-refractivity contribution < 1.29 is 13.2 Å². The highest BCUT2D eigenvalue weighted by Crippen LogP contribution is 2.26.